The predicted octanol–water partition coefficient (Wildman–Crippen LogP) is 15.6. The normalized spacial score (nSPS) is 19.6. The van der Waals surface area contributed by atoms with E-state index in [2.05, 4.69) is 79.9 Å². The summed E-state index contributed by atoms with van der Waals surface area (Å²) in [6.07, 6.45) is 66.9. The van der Waals surface area contributed by atoms with Crippen LogP contribution in [0.1, 0.15) is 271 Å². The molecule has 6 N–H and O–H groups in total. The summed E-state index contributed by atoms with van der Waals surface area (Å²) in [6.45, 7) is 3.67. The molecule has 0 aliphatic carbocycles. The summed E-state index contributed by atoms with van der Waals surface area (Å²) in [6, 6.07) is -0.821. The Morgan fingerprint density at radius 2 is 0.849 bits per heavy atom. The SMILES string of the molecule is CC/C=C\C/C=C\C/C=C\C/C=C\C/C=C\CCCCCCCC(=O)NC(COC1OC(CO)C(O)C(O)C1O)C(O)/C=C/CCCCCCCCCCCCCCCCCCCCCCCCCCCCC. The van der Waals surface area contributed by atoms with E-state index >= 15 is 0 Å². The third kappa shape index (κ3) is 42.4. The maximum absolute atomic E-state index is 13.1. The van der Waals surface area contributed by atoms with Gasteiger partial charge in [-0.15, -0.1) is 0 Å². The minimum Gasteiger partial charge on any atom is -0.394 e. The molecule has 0 bridgehead atoms. The number of carbonyl (C=O) groups excluding carboxylic acids is 1. The quantitative estimate of drug-likeness (QED) is 0.0261. The summed E-state index contributed by atoms with van der Waals surface area (Å²) in [5.74, 6) is -0.195. The number of hydrogen-bond donors (Lipinski definition) is 6. The largest absolute Gasteiger partial charge is 0.394 e. The second-order valence-corrected chi connectivity index (χ2v) is 21.1. The van der Waals surface area contributed by atoms with Gasteiger partial charge in [0.2, 0.25) is 5.91 Å². The maximum Gasteiger partial charge on any atom is 0.220 e. The lowest BCUT2D eigenvalue weighted by Crippen LogP contribution is -2.60. The number of carbonyl (C=O) groups is 1. The molecule has 7 atom stereocenters. The van der Waals surface area contributed by atoms with Gasteiger partial charge in [-0.2, -0.15) is 0 Å². The fraction of sp³-hybridized carbons (Fsp3) is 0.797. The monoisotopic (exact) mass is 1030 g/mol. The minimum absolute atomic E-state index is 0.195. The van der Waals surface area contributed by atoms with Gasteiger partial charge in [-0.1, -0.05) is 273 Å². The summed E-state index contributed by atoms with van der Waals surface area (Å²) in [5, 5.41) is 54.6. The zero-order chi connectivity index (χ0) is 52.9. The van der Waals surface area contributed by atoms with Gasteiger partial charge in [0.15, 0.2) is 6.29 Å². The van der Waals surface area contributed by atoms with Gasteiger partial charge in [0.25, 0.3) is 0 Å². The molecule has 9 nitrogen and oxygen atoms in total. The van der Waals surface area contributed by atoms with Gasteiger partial charge < -0.3 is 40.3 Å². The molecular weight excluding hydrogens is 911 g/mol. The molecule has 9 heteroatoms. The lowest BCUT2D eigenvalue weighted by molar-refractivity contribution is -0.302. The van der Waals surface area contributed by atoms with Gasteiger partial charge >= 0.3 is 0 Å². The van der Waals surface area contributed by atoms with E-state index < -0.39 is 49.5 Å². The molecule has 424 valence electrons. The molecule has 7 unspecified atom stereocenters. The lowest BCUT2D eigenvalue weighted by Gasteiger charge is -2.40. The number of amides is 1. The van der Waals surface area contributed by atoms with Crippen molar-refractivity contribution in [3.8, 4) is 0 Å². The van der Waals surface area contributed by atoms with Crippen LogP contribution in [-0.4, -0.2) is 87.5 Å². The van der Waals surface area contributed by atoms with Gasteiger partial charge in [0, 0.05) is 6.42 Å². The first-order chi connectivity index (χ1) is 35.8. The smallest absolute Gasteiger partial charge is 0.220 e. The molecule has 1 aliphatic heterocycles. The summed E-state index contributed by atoms with van der Waals surface area (Å²) in [4.78, 5) is 13.1. The molecule has 0 saturated carbocycles. The molecule has 0 radical (unpaired) electrons. The van der Waals surface area contributed by atoms with Crippen LogP contribution in [0.2, 0.25) is 0 Å². The minimum atomic E-state index is -1.57. The number of ether oxygens (including phenoxy) is 2. The molecule has 73 heavy (non-hydrogen) atoms. The molecule has 1 heterocycles. The first-order valence-electron chi connectivity index (χ1n) is 30.7. The Morgan fingerprint density at radius 1 is 0.479 bits per heavy atom. The topological polar surface area (TPSA) is 149 Å². The molecule has 0 spiro atoms. The van der Waals surface area contributed by atoms with E-state index in [9.17, 15) is 30.3 Å². The standard InChI is InChI=1S/C64H115NO8/c1-3-5-7-9-11-13-15-17-19-21-23-25-26-27-28-29-30-31-32-34-35-37-39-41-43-45-47-49-51-53-58(67)57(56-72-64-63(71)62(70)61(69)59(55-66)73-64)65-60(68)54-52-50-48-46-44-42-40-38-36-33-24-22-20-18-16-14-12-10-8-6-4-2/h6,8,12,14,18,20,24,33,38,40,51,53,57-59,61-64,66-67,69-71H,3-5,7,9-11,13,15-17,19,21-23,25-32,34-37,39,41-50,52,54-56H2,1-2H3,(H,65,68)/b8-6-,14-12-,20-18-,33-24-,40-38-,53-51+. The average molecular weight is 1030 g/mol. The Kier molecular flexibility index (Phi) is 49.9. The molecular formula is C64H115NO8. The van der Waals surface area contributed by atoms with Crippen LogP contribution in [-0.2, 0) is 14.3 Å². The van der Waals surface area contributed by atoms with Gasteiger partial charge in [-0.25, -0.2) is 0 Å². The van der Waals surface area contributed by atoms with Crippen molar-refractivity contribution >= 4 is 5.91 Å². The molecule has 1 aliphatic rings. The van der Waals surface area contributed by atoms with Crippen LogP contribution in [0.4, 0.5) is 0 Å². The van der Waals surface area contributed by atoms with Gasteiger partial charge in [0.05, 0.1) is 25.4 Å². The Bertz CT molecular complexity index is 1380. The molecule has 1 rings (SSSR count). The van der Waals surface area contributed by atoms with Crippen molar-refractivity contribution in [3.05, 3.63) is 72.9 Å². The number of rotatable bonds is 52. The second-order valence-electron chi connectivity index (χ2n) is 21.1. The van der Waals surface area contributed by atoms with Gasteiger partial charge in [0.1, 0.15) is 24.4 Å². The van der Waals surface area contributed by atoms with E-state index in [1.807, 2.05) is 6.08 Å². The van der Waals surface area contributed by atoms with E-state index in [4.69, 9.17) is 9.47 Å². The highest BCUT2D eigenvalue weighted by Crippen LogP contribution is 2.23. The molecule has 1 fully saturated rings. The van der Waals surface area contributed by atoms with Crippen molar-refractivity contribution in [3.63, 3.8) is 0 Å². The van der Waals surface area contributed by atoms with Crippen LogP contribution < -0.4 is 5.32 Å². The van der Waals surface area contributed by atoms with Gasteiger partial charge in [-0.05, 0) is 64.2 Å². The Labute approximate surface area is 448 Å². The van der Waals surface area contributed by atoms with Crippen LogP contribution in [0, 0.1) is 0 Å². The molecule has 0 aromatic carbocycles. The van der Waals surface area contributed by atoms with Crippen LogP contribution >= 0.6 is 0 Å². The molecule has 0 aromatic rings. The third-order valence-electron chi connectivity index (χ3n) is 14.3. The maximum atomic E-state index is 13.1. The van der Waals surface area contributed by atoms with Crippen LogP contribution in [0.3, 0.4) is 0 Å². The highest BCUT2D eigenvalue weighted by Gasteiger charge is 2.44. The van der Waals surface area contributed by atoms with E-state index in [0.29, 0.717) is 6.42 Å². The second kappa shape index (κ2) is 53.0. The van der Waals surface area contributed by atoms with Crippen molar-refractivity contribution in [1.82, 2.24) is 5.32 Å². The van der Waals surface area contributed by atoms with Crippen molar-refractivity contribution < 1.29 is 39.8 Å². The zero-order valence-electron chi connectivity index (χ0n) is 47.1. The number of aliphatic hydroxyl groups excluding tert-OH is 5. The highest BCUT2D eigenvalue weighted by molar-refractivity contribution is 5.76. The first kappa shape index (κ1) is 68.6. The molecule has 1 saturated heterocycles. The van der Waals surface area contributed by atoms with E-state index in [-0.39, 0.29) is 12.5 Å². The molecule has 0 aromatic heterocycles. The van der Waals surface area contributed by atoms with Crippen molar-refractivity contribution in [2.75, 3.05) is 13.2 Å². The fourth-order valence-corrected chi connectivity index (χ4v) is 9.48. The van der Waals surface area contributed by atoms with Crippen LogP contribution in [0.5, 0.6) is 0 Å². The number of nitrogens with one attached hydrogen (secondary N) is 1. The van der Waals surface area contributed by atoms with Gasteiger partial charge in [-0.3, -0.25) is 4.79 Å². The molecule has 1 amide bonds. The predicted molar refractivity (Wildman–Crippen MR) is 309 cm³/mol. The third-order valence-corrected chi connectivity index (χ3v) is 14.3. The lowest BCUT2D eigenvalue weighted by atomic mass is 9.99. The van der Waals surface area contributed by atoms with E-state index in [0.717, 1.165) is 89.9 Å². The Hall–Kier alpha value is -2.37. The van der Waals surface area contributed by atoms with Crippen LogP contribution in [0.15, 0.2) is 72.9 Å². The van der Waals surface area contributed by atoms with E-state index in [1.54, 1.807) is 6.08 Å². The number of allylic oxidation sites excluding steroid dienone is 11. The summed E-state index contributed by atoms with van der Waals surface area (Å²) in [5.41, 5.74) is 0. The number of hydrogen-bond acceptors (Lipinski definition) is 8. The van der Waals surface area contributed by atoms with Crippen molar-refractivity contribution in [2.24, 2.45) is 0 Å². The number of unbranched alkanes of at least 4 members (excludes halogenated alkanes) is 32. The Balaban J connectivity index is 2.21. The van der Waals surface area contributed by atoms with Crippen LogP contribution in [0.25, 0.3) is 0 Å². The zero-order valence-corrected chi connectivity index (χ0v) is 47.1. The average Bonchev–Trinajstić information content (AvgIpc) is 3.39. The first-order valence-corrected chi connectivity index (χ1v) is 30.7. The summed E-state index contributed by atoms with van der Waals surface area (Å²) in [7, 11) is 0. The fourth-order valence-electron chi connectivity index (χ4n) is 9.48. The summed E-state index contributed by atoms with van der Waals surface area (Å²) < 4.78 is 11.3. The van der Waals surface area contributed by atoms with Crippen molar-refractivity contribution in [2.45, 2.75) is 314 Å². The van der Waals surface area contributed by atoms with Crippen molar-refractivity contribution in [1.29, 1.82) is 0 Å². The summed E-state index contributed by atoms with van der Waals surface area (Å²) >= 11 is 0. The van der Waals surface area contributed by atoms with E-state index in [1.165, 1.54) is 161 Å². The highest BCUT2D eigenvalue weighted by atomic mass is 16.7. The Morgan fingerprint density at radius 3 is 1.26 bits per heavy atom. The number of aliphatic hydroxyl groups is 5.